The molecule has 0 amide bonds. The predicted molar refractivity (Wildman–Crippen MR) is 95.1 cm³/mol. The van der Waals surface area contributed by atoms with Crippen molar-refractivity contribution in [3.05, 3.63) is 0 Å². The molecule has 0 aromatic carbocycles. The first-order valence-corrected chi connectivity index (χ1v) is 10.6. The quantitative estimate of drug-likeness (QED) is 0.584. The lowest BCUT2D eigenvalue weighted by molar-refractivity contribution is 0.318. The largest absolute Gasteiger partial charge is 0.355 e. The highest BCUT2D eigenvalue weighted by atomic mass is 32.2. The first-order valence-electron chi connectivity index (χ1n) is 8.95. The van der Waals surface area contributed by atoms with Crippen molar-refractivity contribution < 1.29 is 8.42 Å². The van der Waals surface area contributed by atoms with Crippen LogP contribution in [-0.4, -0.2) is 69.1 Å². The summed E-state index contributed by atoms with van der Waals surface area (Å²) in [6, 6.07) is 0. The second-order valence-electron chi connectivity index (χ2n) is 6.61. The van der Waals surface area contributed by atoms with Crippen molar-refractivity contribution in [2.75, 3.05) is 45.5 Å². The molecule has 0 spiro atoms. The van der Waals surface area contributed by atoms with Gasteiger partial charge in [0.05, 0.1) is 5.75 Å². The average Bonchev–Trinajstić information content (AvgIpc) is 3.12. The maximum atomic E-state index is 11.8. The summed E-state index contributed by atoms with van der Waals surface area (Å²) in [5.74, 6) is 2.76. The molecule has 134 valence electrons. The van der Waals surface area contributed by atoms with Crippen LogP contribution in [0, 0.1) is 11.8 Å². The monoisotopic (exact) mass is 344 g/mol. The number of likely N-dealkylation sites (tertiary alicyclic amines) is 1. The number of sulfonamides is 1. The Hall–Kier alpha value is -0.820. The van der Waals surface area contributed by atoms with E-state index in [1.807, 2.05) is 0 Å². The third kappa shape index (κ3) is 4.59. The topological polar surface area (TPSA) is 65.0 Å². The molecule has 0 radical (unpaired) electrons. The van der Waals surface area contributed by atoms with Crippen molar-refractivity contribution in [2.45, 2.75) is 39.5 Å². The second kappa shape index (κ2) is 8.33. The van der Waals surface area contributed by atoms with Gasteiger partial charge in [-0.15, -0.1) is 0 Å². The van der Waals surface area contributed by atoms with Crippen LogP contribution in [0.3, 0.4) is 0 Å². The van der Waals surface area contributed by atoms with E-state index >= 15 is 0 Å². The molecule has 2 saturated heterocycles. The van der Waals surface area contributed by atoms with E-state index in [9.17, 15) is 8.42 Å². The minimum absolute atomic E-state index is 0.297. The number of nitrogens with one attached hydrogen (secondary N) is 1. The Morgan fingerprint density at radius 3 is 2.61 bits per heavy atom. The summed E-state index contributed by atoms with van der Waals surface area (Å²) in [5, 5.41) is 3.34. The van der Waals surface area contributed by atoms with E-state index in [4.69, 9.17) is 0 Å². The Bertz CT molecular complexity index is 502. The van der Waals surface area contributed by atoms with Crippen LogP contribution in [0.1, 0.15) is 39.5 Å². The second-order valence-corrected chi connectivity index (χ2v) is 8.70. The van der Waals surface area contributed by atoms with Crippen molar-refractivity contribution in [1.29, 1.82) is 0 Å². The summed E-state index contributed by atoms with van der Waals surface area (Å²) in [7, 11) is -1.19. The van der Waals surface area contributed by atoms with Crippen molar-refractivity contribution in [1.82, 2.24) is 14.5 Å². The van der Waals surface area contributed by atoms with Crippen LogP contribution in [0.15, 0.2) is 4.99 Å². The highest BCUT2D eigenvalue weighted by Gasteiger charge is 2.30. The Balaban J connectivity index is 1.80. The Kier molecular flexibility index (Phi) is 6.71. The molecule has 2 fully saturated rings. The first-order chi connectivity index (χ1) is 11.0. The van der Waals surface area contributed by atoms with Gasteiger partial charge >= 0.3 is 0 Å². The summed E-state index contributed by atoms with van der Waals surface area (Å²) in [6.45, 7) is 8.48. The number of rotatable bonds is 6. The molecular weight excluding hydrogens is 312 g/mol. The van der Waals surface area contributed by atoms with Crippen LogP contribution in [-0.2, 0) is 10.0 Å². The fourth-order valence-electron chi connectivity index (χ4n) is 3.89. The summed E-state index contributed by atoms with van der Waals surface area (Å²) < 4.78 is 25.2. The van der Waals surface area contributed by atoms with Crippen LogP contribution >= 0.6 is 0 Å². The van der Waals surface area contributed by atoms with Gasteiger partial charge in [0.15, 0.2) is 5.96 Å². The first kappa shape index (κ1) is 18.5. The summed E-state index contributed by atoms with van der Waals surface area (Å²) in [6.07, 6.45) is 4.47. The van der Waals surface area contributed by atoms with Gasteiger partial charge in [0.25, 0.3) is 0 Å². The van der Waals surface area contributed by atoms with Crippen molar-refractivity contribution in [3.8, 4) is 0 Å². The smallest absolute Gasteiger partial charge is 0.214 e. The van der Waals surface area contributed by atoms with Gasteiger partial charge in [-0.2, -0.15) is 0 Å². The molecule has 0 bridgehead atoms. The predicted octanol–water partition coefficient (Wildman–Crippen LogP) is 1.36. The van der Waals surface area contributed by atoms with Crippen LogP contribution in [0.2, 0.25) is 0 Å². The zero-order valence-corrected chi connectivity index (χ0v) is 15.6. The maximum absolute atomic E-state index is 11.8. The fraction of sp³-hybridized carbons (Fsp3) is 0.938. The summed E-state index contributed by atoms with van der Waals surface area (Å²) >= 11 is 0. The van der Waals surface area contributed by atoms with E-state index in [2.05, 4.69) is 29.1 Å². The highest BCUT2D eigenvalue weighted by molar-refractivity contribution is 7.89. The number of hydrogen-bond acceptors (Lipinski definition) is 3. The molecule has 0 aromatic heterocycles. The van der Waals surface area contributed by atoms with Gasteiger partial charge in [0.1, 0.15) is 0 Å². The summed E-state index contributed by atoms with van der Waals surface area (Å²) in [4.78, 5) is 6.70. The third-order valence-electron chi connectivity index (χ3n) is 5.30. The van der Waals surface area contributed by atoms with E-state index in [-0.39, 0.29) is 0 Å². The molecule has 23 heavy (non-hydrogen) atoms. The van der Waals surface area contributed by atoms with E-state index in [1.54, 1.807) is 11.4 Å². The number of nitrogens with zero attached hydrogens (tertiary/aromatic N) is 3. The van der Waals surface area contributed by atoms with Crippen molar-refractivity contribution in [3.63, 3.8) is 0 Å². The standard InChI is InChI=1S/C16H32N4O2S/c1-4-14(5-2)15-7-10-19(13-15)16(17-3)18-8-11-20-9-6-12-23(20,21)22/h14-15H,4-13H2,1-3H3,(H,17,18). The van der Waals surface area contributed by atoms with Gasteiger partial charge in [0, 0.05) is 39.8 Å². The molecule has 0 aromatic rings. The minimum Gasteiger partial charge on any atom is -0.355 e. The van der Waals surface area contributed by atoms with Crippen LogP contribution < -0.4 is 5.32 Å². The average molecular weight is 345 g/mol. The molecule has 7 heteroatoms. The molecule has 0 saturated carbocycles. The van der Waals surface area contributed by atoms with Crippen LogP contribution in [0.5, 0.6) is 0 Å². The fourth-order valence-corrected chi connectivity index (χ4v) is 5.42. The lowest BCUT2D eigenvalue weighted by Gasteiger charge is -2.25. The molecule has 0 aliphatic carbocycles. The molecule has 2 heterocycles. The van der Waals surface area contributed by atoms with Gasteiger partial charge in [-0.3, -0.25) is 4.99 Å². The SMILES string of the molecule is CCC(CC)C1CCN(C(=NC)NCCN2CCCS2(=O)=O)C1. The number of guanidine groups is 1. The normalized spacial score (nSPS) is 25.5. The summed E-state index contributed by atoms with van der Waals surface area (Å²) in [5.41, 5.74) is 0. The minimum atomic E-state index is -3.00. The third-order valence-corrected chi connectivity index (χ3v) is 7.26. The van der Waals surface area contributed by atoms with Crippen molar-refractivity contribution >= 4 is 16.0 Å². The Morgan fingerprint density at radius 2 is 2.04 bits per heavy atom. The zero-order valence-electron chi connectivity index (χ0n) is 14.8. The highest BCUT2D eigenvalue weighted by Crippen LogP contribution is 2.28. The number of aliphatic imine (C=N–C) groups is 1. The molecule has 6 nitrogen and oxygen atoms in total. The molecule has 1 atom stereocenters. The molecule has 1 N–H and O–H groups in total. The lowest BCUT2D eigenvalue weighted by atomic mass is 9.87. The molecular formula is C16H32N4O2S. The van der Waals surface area contributed by atoms with Crippen LogP contribution in [0.25, 0.3) is 0 Å². The molecule has 2 aliphatic heterocycles. The Labute approximate surface area is 141 Å². The molecule has 2 aliphatic rings. The van der Waals surface area contributed by atoms with E-state index in [0.29, 0.717) is 25.4 Å². The van der Waals surface area contributed by atoms with Gasteiger partial charge in [-0.05, 0) is 24.7 Å². The number of hydrogen-bond donors (Lipinski definition) is 1. The maximum Gasteiger partial charge on any atom is 0.214 e. The molecule has 2 rings (SSSR count). The Morgan fingerprint density at radius 1 is 1.30 bits per heavy atom. The van der Waals surface area contributed by atoms with Gasteiger partial charge in [-0.1, -0.05) is 26.7 Å². The van der Waals surface area contributed by atoms with Gasteiger partial charge in [0.2, 0.25) is 10.0 Å². The van der Waals surface area contributed by atoms with E-state index in [0.717, 1.165) is 37.3 Å². The van der Waals surface area contributed by atoms with E-state index in [1.165, 1.54) is 19.3 Å². The zero-order chi connectivity index (χ0) is 16.9. The van der Waals surface area contributed by atoms with Crippen molar-refractivity contribution in [2.24, 2.45) is 16.8 Å². The lowest BCUT2D eigenvalue weighted by Crippen LogP contribution is -2.43. The van der Waals surface area contributed by atoms with Gasteiger partial charge in [-0.25, -0.2) is 12.7 Å². The van der Waals surface area contributed by atoms with E-state index < -0.39 is 10.0 Å². The van der Waals surface area contributed by atoms with Gasteiger partial charge < -0.3 is 10.2 Å². The molecule has 1 unspecified atom stereocenters. The van der Waals surface area contributed by atoms with Crippen LogP contribution in [0.4, 0.5) is 0 Å².